The molecule has 1 aliphatic heterocycles. The molecule has 0 spiro atoms. The average molecular weight is 286 g/mol. The first-order valence-corrected chi connectivity index (χ1v) is 8.37. The number of anilines is 1. The molecule has 3 heteroatoms. The molecule has 1 aromatic carbocycles. The number of carbonyl (C=O) groups is 1. The number of rotatable bonds is 3. The number of aryl methyl sites for hydroxylation is 1. The zero-order chi connectivity index (χ0) is 14.7. The number of nitrogens with one attached hydrogen (secondary N) is 2. The fraction of sp³-hybridized carbons (Fsp3) is 0.611. The summed E-state index contributed by atoms with van der Waals surface area (Å²) in [7, 11) is 0. The van der Waals surface area contributed by atoms with Gasteiger partial charge < -0.3 is 10.6 Å². The Morgan fingerprint density at radius 1 is 1.29 bits per heavy atom. The van der Waals surface area contributed by atoms with Crippen molar-refractivity contribution >= 4 is 11.6 Å². The van der Waals surface area contributed by atoms with Crippen LogP contribution in [-0.2, 0) is 6.42 Å². The maximum absolute atomic E-state index is 12.3. The molecule has 1 fully saturated rings. The summed E-state index contributed by atoms with van der Waals surface area (Å²) in [5.74, 6) is 1.62. The Morgan fingerprint density at radius 3 is 2.90 bits per heavy atom. The summed E-state index contributed by atoms with van der Waals surface area (Å²) in [6, 6.07) is 6.04. The highest BCUT2D eigenvalue weighted by Crippen LogP contribution is 2.28. The Hall–Kier alpha value is -1.51. The fourth-order valence-electron chi connectivity index (χ4n) is 3.49. The fourth-order valence-corrected chi connectivity index (χ4v) is 3.49. The highest BCUT2D eigenvalue weighted by Gasteiger charge is 2.19. The molecule has 1 heterocycles. The van der Waals surface area contributed by atoms with Crippen molar-refractivity contribution in [3.05, 3.63) is 29.3 Å². The van der Waals surface area contributed by atoms with Gasteiger partial charge in [-0.3, -0.25) is 4.79 Å². The molecule has 0 saturated heterocycles. The average Bonchev–Trinajstić information content (AvgIpc) is 2.53. The van der Waals surface area contributed by atoms with Gasteiger partial charge in [0, 0.05) is 24.3 Å². The topological polar surface area (TPSA) is 41.1 Å². The molecule has 0 bridgehead atoms. The molecule has 1 aliphatic carbocycles. The first-order chi connectivity index (χ1) is 10.2. The van der Waals surface area contributed by atoms with Gasteiger partial charge in [0.1, 0.15) is 0 Å². The van der Waals surface area contributed by atoms with Crippen LogP contribution in [0.1, 0.15) is 54.9 Å². The van der Waals surface area contributed by atoms with E-state index in [1.807, 2.05) is 12.1 Å². The first-order valence-electron chi connectivity index (χ1n) is 8.37. The second-order valence-electron chi connectivity index (χ2n) is 6.74. The van der Waals surface area contributed by atoms with Gasteiger partial charge in [-0.05, 0) is 61.3 Å². The molecular formula is C18H26N2O. The van der Waals surface area contributed by atoms with Crippen molar-refractivity contribution in [2.24, 2.45) is 11.8 Å². The van der Waals surface area contributed by atoms with Gasteiger partial charge in [0.05, 0.1) is 0 Å². The van der Waals surface area contributed by atoms with E-state index >= 15 is 0 Å². The number of hydrogen-bond donors (Lipinski definition) is 2. The maximum atomic E-state index is 12.3. The SMILES string of the molecule is CC1CCC(CNC(=O)c2ccc3c(c2)CCCN3)CC1. The molecule has 114 valence electrons. The van der Waals surface area contributed by atoms with Gasteiger partial charge in [-0.15, -0.1) is 0 Å². The van der Waals surface area contributed by atoms with Gasteiger partial charge >= 0.3 is 0 Å². The van der Waals surface area contributed by atoms with Crippen molar-refractivity contribution in [1.82, 2.24) is 5.32 Å². The summed E-state index contributed by atoms with van der Waals surface area (Å²) in [6.45, 7) is 4.20. The monoisotopic (exact) mass is 286 g/mol. The second kappa shape index (κ2) is 6.50. The van der Waals surface area contributed by atoms with Crippen molar-refractivity contribution in [1.29, 1.82) is 0 Å². The third-order valence-corrected chi connectivity index (χ3v) is 4.99. The molecule has 2 aliphatic rings. The maximum Gasteiger partial charge on any atom is 0.251 e. The van der Waals surface area contributed by atoms with E-state index in [4.69, 9.17) is 0 Å². The van der Waals surface area contributed by atoms with Crippen LogP contribution in [-0.4, -0.2) is 19.0 Å². The van der Waals surface area contributed by atoms with E-state index in [2.05, 4.69) is 23.6 Å². The Morgan fingerprint density at radius 2 is 2.10 bits per heavy atom. The smallest absolute Gasteiger partial charge is 0.251 e. The lowest BCUT2D eigenvalue weighted by molar-refractivity contribution is 0.0942. The van der Waals surface area contributed by atoms with Crippen LogP contribution in [0.2, 0.25) is 0 Å². The zero-order valence-electron chi connectivity index (χ0n) is 13.0. The van der Waals surface area contributed by atoms with E-state index in [0.717, 1.165) is 37.4 Å². The molecule has 0 aromatic heterocycles. The number of fused-ring (bicyclic) bond motifs is 1. The Bertz CT molecular complexity index is 504. The highest BCUT2D eigenvalue weighted by atomic mass is 16.1. The standard InChI is InChI=1S/C18H26N2O/c1-13-4-6-14(7-5-13)12-20-18(21)16-8-9-17-15(11-16)3-2-10-19-17/h8-9,11,13-14,19H,2-7,10,12H2,1H3,(H,20,21). The molecule has 3 rings (SSSR count). The largest absolute Gasteiger partial charge is 0.385 e. The first kappa shape index (κ1) is 14.4. The van der Waals surface area contributed by atoms with E-state index < -0.39 is 0 Å². The normalized spacial score (nSPS) is 24.8. The summed E-state index contributed by atoms with van der Waals surface area (Å²) in [4.78, 5) is 12.3. The zero-order valence-corrected chi connectivity index (χ0v) is 13.0. The van der Waals surface area contributed by atoms with Gasteiger partial charge in [0.25, 0.3) is 5.91 Å². The third-order valence-electron chi connectivity index (χ3n) is 4.99. The van der Waals surface area contributed by atoms with E-state index in [0.29, 0.717) is 5.92 Å². The van der Waals surface area contributed by atoms with Crippen LogP contribution in [0.4, 0.5) is 5.69 Å². The molecule has 0 unspecified atom stereocenters. The minimum Gasteiger partial charge on any atom is -0.385 e. The van der Waals surface area contributed by atoms with E-state index in [1.165, 1.54) is 36.9 Å². The Balaban J connectivity index is 1.55. The second-order valence-corrected chi connectivity index (χ2v) is 6.74. The third kappa shape index (κ3) is 3.58. The lowest BCUT2D eigenvalue weighted by Gasteiger charge is -2.26. The minimum atomic E-state index is 0.0852. The van der Waals surface area contributed by atoms with E-state index in [1.54, 1.807) is 0 Å². The molecule has 3 nitrogen and oxygen atoms in total. The van der Waals surface area contributed by atoms with Crippen LogP contribution in [0, 0.1) is 11.8 Å². The van der Waals surface area contributed by atoms with Crippen molar-refractivity contribution in [3.63, 3.8) is 0 Å². The molecule has 0 radical (unpaired) electrons. The number of amides is 1. The van der Waals surface area contributed by atoms with Gasteiger partial charge in [-0.25, -0.2) is 0 Å². The summed E-state index contributed by atoms with van der Waals surface area (Å²) in [6.07, 6.45) is 7.36. The van der Waals surface area contributed by atoms with Crippen LogP contribution in [0.25, 0.3) is 0 Å². The van der Waals surface area contributed by atoms with Gasteiger partial charge in [-0.1, -0.05) is 19.8 Å². The van der Waals surface area contributed by atoms with Crippen molar-refractivity contribution in [2.45, 2.75) is 45.4 Å². The minimum absolute atomic E-state index is 0.0852. The molecule has 1 amide bonds. The highest BCUT2D eigenvalue weighted by molar-refractivity contribution is 5.95. The summed E-state index contributed by atoms with van der Waals surface area (Å²) in [5, 5.41) is 6.52. The number of carbonyl (C=O) groups excluding carboxylic acids is 1. The van der Waals surface area contributed by atoms with Gasteiger partial charge in [0.15, 0.2) is 0 Å². The Labute approximate surface area is 127 Å². The number of benzene rings is 1. The van der Waals surface area contributed by atoms with Gasteiger partial charge in [0.2, 0.25) is 0 Å². The Kier molecular flexibility index (Phi) is 4.47. The van der Waals surface area contributed by atoms with Crippen LogP contribution in [0.15, 0.2) is 18.2 Å². The predicted molar refractivity (Wildman–Crippen MR) is 86.7 cm³/mol. The molecule has 1 aromatic rings. The summed E-state index contributed by atoms with van der Waals surface area (Å²) in [5.41, 5.74) is 3.28. The van der Waals surface area contributed by atoms with Crippen molar-refractivity contribution < 1.29 is 4.79 Å². The van der Waals surface area contributed by atoms with E-state index in [9.17, 15) is 4.79 Å². The number of hydrogen-bond acceptors (Lipinski definition) is 2. The lowest BCUT2D eigenvalue weighted by atomic mass is 9.83. The van der Waals surface area contributed by atoms with Gasteiger partial charge in [-0.2, -0.15) is 0 Å². The molecule has 1 saturated carbocycles. The van der Waals surface area contributed by atoms with Crippen molar-refractivity contribution in [2.75, 3.05) is 18.4 Å². The molecular weight excluding hydrogens is 260 g/mol. The quantitative estimate of drug-likeness (QED) is 0.891. The lowest BCUT2D eigenvalue weighted by Crippen LogP contribution is -2.31. The molecule has 21 heavy (non-hydrogen) atoms. The van der Waals surface area contributed by atoms with Crippen LogP contribution in [0.3, 0.4) is 0 Å². The van der Waals surface area contributed by atoms with Crippen LogP contribution < -0.4 is 10.6 Å². The van der Waals surface area contributed by atoms with Crippen molar-refractivity contribution in [3.8, 4) is 0 Å². The van der Waals surface area contributed by atoms with Crippen LogP contribution >= 0.6 is 0 Å². The van der Waals surface area contributed by atoms with E-state index in [-0.39, 0.29) is 5.91 Å². The molecule has 0 atom stereocenters. The summed E-state index contributed by atoms with van der Waals surface area (Å²) < 4.78 is 0. The molecule has 2 N–H and O–H groups in total. The summed E-state index contributed by atoms with van der Waals surface area (Å²) >= 11 is 0. The predicted octanol–water partition coefficient (Wildman–Crippen LogP) is 3.60. The van der Waals surface area contributed by atoms with Crippen LogP contribution in [0.5, 0.6) is 0 Å².